The third kappa shape index (κ3) is 7.76. The first-order valence-corrected chi connectivity index (χ1v) is 12.2. The quantitative estimate of drug-likeness (QED) is 0.144. The van der Waals surface area contributed by atoms with Crippen LogP contribution in [0.1, 0.15) is 20.3 Å². The van der Waals surface area contributed by atoms with Crippen LogP contribution in [0, 0.1) is 5.92 Å². The molecule has 2 rings (SSSR count). The van der Waals surface area contributed by atoms with Crippen LogP contribution in [0.5, 0.6) is 0 Å². The zero-order valence-corrected chi connectivity index (χ0v) is 18.8. The highest BCUT2D eigenvalue weighted by Crippen LogP contribution is 2.24. The number of esters is 1. The largest absolute Gasteiger partial charge is 0.462 e. The number of azo groups is 1. The summed E-state index contributed by atoms with van der Waals surface area (Å²) in [6.07, 6.45) is 1.97. The minimum atomic E-state index is -3.28. The van der Waals surface area contributed by atoms with Crippen LogP contribution < -0.4 is 0 Å². The molecule has 0 spiro atoms. The second-order valence-corrected chi connectivity index (χ2v) is 9.91. The van der Waals surface area contributed by atoms with Crippen molar-refractivity contribution in [3.63, 3.8) is 0 Å². The topological polar surface area (TPSA) is 85.2 Å². The van der Waals surface area contributed by atoms with Crippen LogP contribution in [0.15, 0.2) is 81.2 Å². The minimum absolute atomic E-state index is 0.123. The van der Waals surface area contributed by atoms with E-state index in [0.29, 0.717) is 28.6 Å². The van der Waals surface area contributed by atoms with Gasteiger partial charge in [0.15, 0.2) is 9.84 Å². The predicted molar refractivity (Wildman–Crippen MR) is 120 cm³/mol. The van der Waals surface area contributed by atoms with Crippen LogP contribution >= 0.6 is 11.8 Å². The molecule has 0 heterocycles. The molecule has 1 atom stereocenters. The Morgan fingerprint density at radius 1 is 1.10 bits per heavy atom. The molecule has 0 aliphatic heterocycles. The summed E-state index contributed by atoms with van der Waals surface area (Å²) < 4.78 is 29.7. The Morgan fingerprint density at radius 3 is 2.20 bits per heavy atom. The van der Waals surface area contributed by atoms with Gasteiger partial charge >= 0.3 is 5.97 Å². The van der Waals surface area contributed by atoms with E-state index in [9.17, 15) is 13.2 Å². The number of ether oxygens (including phenoxy) is 1. The van der Waals surface area contributed by atoms with Crippen molar-refractivity contribution >= 4 is 38.9 Å². The average molecular weight is 447 g/mol. The molecule has 0 aliphatic carbocycles. The molecule has 0 amide bonds. The monoisotopic (exact) mass is 446 g/mol. The average Bonchev–Trinajstić information content (AvgIpc) is 2.75. The lowest BCUT2D eigenvalue weighted by Crippen LogP contribution is -2.13. The van der Waals surface area contributed by atoms with Gasteiger partial charge in [0.05, 0.1) is 22.0 Å². The summed E-state index contributed by atoms with van der Waals surface area (Å²) in [6.45, 7) is 7.58. The van der Waals surface area contributed by atoms with E-state index in [0.717, 1.165) is 17.4 Å². The van der Waals surface area contributed by atoms with E-state index in [1.807, 2.05) is 38.1 Å². The zero-order chi connectivity index (χ0) is 22.0. The van der Waals surface area contributed by atoms with Crippen molar-refractivity contribution in [3.8, 4) is 0 Å². The van der Waals surface area contributed by atoms with E-state index in [-0.39, 0.29) is 11.7 Å². The minimum Gasteiger partial charge on any atom is -0.462 e. The van der Waals surface area contributed by atoms with Crippen molar-refractivity contribution in [1.82, 2.24) is 0 Å². The zero-order valence-electron chi connectivity index (χ0n) is 17.2. The fourth-order valence-electron chi connectivity index (χ4n) is 2.39. The van der Waals surface area contributed by atoms with Crippen LogP contribution in [0.2, 0.25) is 0 Å². The first-order valence-electron chi connectivity index (χ1n) is 9.60. The van der Waals surface area contributed by atoms with Crippen molar-refractivity contribution in [2.24, 2.45) is 16.1 Å². The number of hydrogen-bond acceptors (Lipinski definition) is 7. The van der Waals surface area contributed by atoms with Gasteiger partial charge in [-0.15, -0.1) is 11.8 Å². The Hall–Kier alpha value is -2.45. The molecule has 6 nitrogen and oxygen atoms in total. The summed E-state index contributed by atoms with van der Waals surface area (Å²) in [7, 11) is -3.28. The molecule has 0 N–H and O–H groups in total. The van der Waals surface area contributed by atoms with Crippen LogP contribution in [-0.2, 0) is 19.4 Å². The Bertz CT molecular complexity index is 969. The van der Waals surface area contributed by atoms with Crippen molar-refractivity contribution < 1.29 is 17.9 Å². The van der Waals surface area contributed by atoms with E-state index >= 15 is 0 Å². The van der Waals surface area contributed by atoms with Crippen molar-refractivity contribution in [1.29, 1.82) is 0 Å². The maximum Gasteiger partial charge on any atom is 0.330 e. The van der Waals surface area contributed by atoms with Gasteiger partial charge in [-0.05, 0) is 54.4 Å². The number of thioether (sulfide) groups is 1. The molecule has 30 heavy (non-hydrogen) atoms. The van der Waals surface area contributed by atoms with E-state index in [4.69, 9.17) is 4.74 Å². The number of hydrogen-bond donors (Lipinski definition) is 0. The highest BCUT2D eigenvalue weighted by atomic mass is 32.2. The van der Waals surface area contributed by atoms with Gasteiger partial charge in [0.25, 0.3) is 0 Å². The second kappa shape index (κ2) is 11.7. The number of sulfone groups is 1. The maximum atomic E-state index is 12.4. The lowest BCUT2D eigenvalue weighted by atomic mass is 10.2. The van der Waals surface area contributed by atoms with Gasteiger partial charge in [-0.1, -0.05) is 26.8 Å². The summed E-state index contributed by atoms with van der Waals surface area (Å²) >= 11 is 1.56. The summed E-state index contributed by atoms with van der Waals surface area (Å²) in [5.41, 5.74) is 1.27. The fraction of sp³-hybridized carbons (Fsp3) is 0.318. The second-order valence-electron chi connectivity index (χ2n) is 6.70. The number of rotatable bonds is 11. The standard InChI is InChI=1S/C22H26N2O4S2/c1-4-17(3)16-30(26,27)21-12-8-19(9-13-21)24-23-18-6-10-20(11-7-18)29-15-14-28-22(25)5-2/h5-13,17H,2,4,14-16H2,1,3H3/t17-/m1/s1. The molecule has 0 fully saturated rings. The molecule has 0 unspecified atom stereocenters. The molecule has 0 aromatic heterocycles. The maximum absolute atomic E-state index is 12.4. The third-order valence-electron chi connectivity index (χ3n) is 4.28. The van der Waals surface area contributed by atoms with Crippen LogP contribution in [0.25, 0.3) is 0 Å². The van der Waals surface area contributed by atoms with E-state index in [1.54, 1.807) is 36.0 Å². The number of carbonyl (C=O) groups excluding carboxylic acids is 1. The van der Waals surface area contributed by atoms with Gasteiger partial charge in [0, 0.05) is 16.7 Å². The fourth-order valence-corrected chi connectivity index (χ4v) is 4.85. The summed E-state index contributed by atoms with van der Waals surface area (Å²) in [5.74, 6) is 0.489. The first kappa shape index (κ1) is 23.8. The first-order chi connectivity index (χ1) is 14.3. The molecule has 0 aliphatic rings. The Labute approximate surface area is 182 Å². The molecule has 2 aromatic rings. The highest BCUT2D eigenvalue weighted by Gasteiger charge is 2.17. The lowest BCUT2D eigenvalue weighted by Gasteiger charge is -2.09. The highest BCUT2D eigenvalue weighted by molar-refractivity contribution is 7.99. The van der Waals surface area contributed by atoms with Gasteiger partial charge in [0.1, 0.15) is 6.61 Å². The van der Waals surface area contributed by atoms with E-state index in [2.05, 4.69) is 16.8 Å². The number of carbonyl (C=O) groups is 1. The van der Waals surface area contributed by atoms with Gasteiger partial charge in [-0.3, -0.25) is 0 Å². The van der Waals surface area contributed by atoms with Gasteiger partial charge in [-0.2, -0.15) is 10.2 Å². The van der Waals surface area contributed by atoms with E-state index < -0.39 is 15.8 Å². The van der Waals surface area contributed by atoms with Crippen molar-refractivity contribution in [2.45, 2.75) is 30.1 Å². The van der Waals surface area contributed by atoms with Crippen LogP contribution in [-0.4, -0.2) is 32.5 Å². The molecule has 8 heteroatoms. The molecular formula is C22H26N2O4S2. The summed E-state index contributed by atoms with van der Waals surface area (Å²) in [6, 6.07) is 14.0. The predicted octanol–water partition coefficient (Wildman–Crippen LogP) is 5.74. The summed E-state index contributed by atoms with van der Waals surface area (Å²) in [5, 5.41) is 8.35. The van der Waals surface area contributed by atoms with Gasteiger partial charge in [-0.25, -0.2) is 13.2 Å². The molecule has 2 aromatic carbocycles. The molecule has 0 radical (unpaired) electrons. The number of nitrogens with zero attached hydrogens (tertiary/aromatic N) is 2. The molecule has 160 valence electrons. The van der Waals surface area contributed by atoms with Crippen LogP contribution in [0.3, 0.4) is 0 Å². The third-order valence-corrected chi connectivity index (χ3v) is 7.25. The Morgan fingerprint density at radius 2 is 1.67 bits per heavy atom. The number of benzene rings is 2. The molecule has 0 saturated heterocycles. The lowest BCUT2D eigenvalue weighted by molar-refractivity contribution is -0.137. The normalized spacial score (nSPS) is 12.6. The van der Waals surface area contributed by atoms with Crippen molar-refractivity contribution in [3.05, 3.63) is 61.2 Å². The molecule has 0 saturated carbocycles. The smallest absolute Gasteiger partial charge is 0.330 e. The van der Waals surface area contributed by atoms with Crippen LogP contribution in [0.4, 0.5) is 11.4 Å². The molecular weight excluding hydrogens is 420 g/mol. The summed E-state index contributed by atoms with van der Waals surface area (Å²) in [4.78, 5) is 12.3. The van der Waals surface area contributed by atoms with Gasteiger partial charge < -0.3 is 4.74 Å². The SMILES string of the molecule is C=CC(=O)OCCSc1ccc(N=Nc2ccc(S(=O)(=O)C[C@H](C)CC)cc2)cc1. The molecule has 0 bridgehead atoms. The van der Waals surface area contributed by atoms with E-state index in [1.165, 1.54) is 0 Å². The van der Waals surface area contributed by atoms with Gasteiger partial charge in [0.2, 0.25) is 0 Å². The van der Waals surface area contributed by atoms with Crippen molar-refractivity contribution in [2.75, 3.05) is 18.1 Å². The Balaban J connectivity index is 1.91. The Kier molecular flexibility index (Phi) is 9.26.